The van der Waals surface area contributed by atoms with E-state index in [0.717, 1.165) is 47.2 Å². The summed E-state index contributed by atoms with van der Waals surface area (Å²) in [6.07, 6.45) is 4.60. The molecule has 1 aromatic carbocycles. The molecule has 0 saturated heterocycles. The summed E-state index contributed by atoms with van der Waals surface area (Å²) in [5, 5.41) is 0. The van der Waals surface area contributed by atoms with E-state index in [1.807, 2.05) is 37.1 Å². The molecule has 0 saturated carbocycles. The van der Waals surface area contributed by atoms with Crippen LogP contribution in [-0.2, 0) is 6.42 Å². The van der Waals surface area contributed by atoms with Crippen LogP contribution < -0.4 is 4.74 Å². The van der Waals surface area contributed by atoms with Crippen LogP contribution in [0.1, 0.15) is 31.0 Å². The maximum atomic E-state index is 12.9. The van der Waals surface area contributed by atoms with E-state index in [2.05, 4.69) is 32.8 Å². The summed E-state index contributed by atoms with van der Waals surface area (Å²) >= 11 is 3.51. The van der Waals surface area contributed by atoms with Gasteiger partial charge >= 0.3 is 0 Å². The number of aromatic nitrogens is 1. The Kier molecular flexibility index (Phi) is 8.04. The van der Waals surface area contributed by atoms with Crippen molar-refractivity contribution < 1.29 is 9.13 Å². The molecule has 0 bridgehead atoms. The first-order chi connectivity index (χ1) is 12.5. The third-order valence-corrected chi connectivity index (χ3v) is 4.58. The van der Waals surface area contributed by atoms with Crippen LogP contribution in [0.5, 0.6) is 5.88 Å². The summed E-state index contributed by atoms with van der Waals surface area (Å²) in [7, 11) is 1.98. The summed E-state index contributed by atoms with van der Waals surface area (Å²) in [6, 6.07) is 8.58. The normalized spacial score (nSPS) is 11.1. The Morgan fingerprint density at radius 2 is 2.00 bits per heavy atom. The fourth-order valence-electron chi connectivity index (χ4n) is 2.27. The van der Waals surface area contributed by atoms with E-state index in [-0.39, 0.29) is 5.82 Å². The molecule has 0 fully saturated rings. The number of hydrogen-bond acceptors (Lipinski definition) is 3. The molecular formula is C20H25BrFN3O. The van der Waals surface area contributed by atoms with E-state index < -0.39 is 0 Å². The fraction of sp³-hybridized carbons (Fsp3) is 0.400. The zero-order valence-corrected chi connectivity index (χ0v) is 17.1. The van der Waals surface area contributed by atoms with Crippen molar-refractivity contribution in [3.8, 4) is 5.88 Å². The molecule has 2 rings (SSSR count). The van der Waals surface area contributed by atoms with Crippen molar-refractivity contribution in [2.24, 2.45) is 4.99 Å². The van der Waals surface area contributed by atoms with E-state index in [1.54, 1.807) is 6.34 Å². The molecule has 1 heterocycles. The summed E-state index contributed by atoms with van der Waals surface area (Å²) in [6.45, 7) is 5.48. The number of pyridine rings is 1. The zero-order chi connectivity index (χ0) is 18.9. The lowest BCUT2D eigenvalue weighted by Crippen LogP contribution is -2.14. The van der Waals surface area contributed by atoms with Crippen LogP contribution in [0.2, 0.25) is 0 Å². The standard InChI is InChI=1S/C20H25BrFN3O/c1-4-25(3)14-23-19-13-18(21)20(24-15(19)2)26-12-6-5-7-16-8-10-17(22)11-9-16/h8-11,13-14H,4-7,12H2,1-3H3/b23-14+. The van der Waals surface area contributed by atoms with Gasteiger partial charge in [0.15, 0.2) is 0 Å². The Morgan fingerprint density at radius 3 is 2.69 bits per heavy atom. The first kappa shape index (κ1) is 20.4. The number of aliphatic imine (C=N–C) groups is 1. The van der Waals surface area contributed by atoms with Crippen molar-refractivity contribution in [1.82, 2.24) is 9.88 Å². The van der Waals surface area contributed by atoms with Crippen molar-refractivity contribution in [3.63, 3.8) is 0 Å². The minimum Gasteiger partial charge on any atom is -0.477 e. The largest absolute Gasteiger partial charge is 0.477 e. The third kappa shape index (κ3) is 6.41. The molecule has 0 unspecified atom stereocenters. The van der Waals surface area contributed by atoms with Crippen molar-refractivity contribution in [2.45, 2.75) is 33.1 Å². The van der Waals surface area contributed by atoms with Gasteiger partial charge in [-0.25, -0.2) is 14.4 Å². The van der Waals surface area contributed by atoms with Crippen LogP contribution in [0.3, 0.4) is 0 Å². The Labute approximate surface area is 163 Å². The van der Waals surface area contributed by atoms with Gasteiger partial charge < -0.3 is 9.64 Å². The number of nitrogens with zero attached hydrogens (tertiary/aromatic N) is 3. The van der Waals surface area contributed by atoms with E-state index in [9.17, 15) is 4.39 Å². The Hall–Kier alpha value is -1.95. The van der Waals surface area contributed by atoms with E-state index in [4.69, 9.17) is 4.74 Å². The maximum Gasteiger partial charge on any atom is 0.228 e. The van der Waals surface area contributed by atoms with Gasteiger partial charge in [0.2, 0.25) is 5.88 Å². The Bertz CT molecular complexity index is 735. The van der Waals surface area contributed by atoms with Crippen molar-refractivity contribution in [2.75, 3.05) is 20.2 Å². The summed E-state index contributed by atoms with van der Waals surface area (Å²) in [4.78, 5) is 11.0. The lowest BCUT2D eigenvalue weighted by atomic mass is 10.1. The molecule has 26 heavy (non-hydrogen) atoms. The molecule has 1 aromatic heterocycles. The van der Waals surface area contributed by atoms with Gasteiger partial charge in [0, 0.05) is 13.6 Å². The molecule has 0 atom stereocenters. The quantitative estimate of drug-likeness (QED) is 0.313. The second kappa shape index (κ2) is 10.3. The molecule has 140 valence electrons. The second-order valence-corrected chi connectivity index (χ2v) is 6.98. The minimum absolute atomic E-state index is 0.197. The number of benzene rings is 1. The van der Waals surface area contributed by atoms with Gasteiger partial charge in [-0.3, -0.25) is 0 Å². The smallest absolute Gasteiger partial charge is 0.228 e. The second-order valence-electron chi connectivity index (χ2n) is 6.13. The molecular weight excluding hydrogens is 397 g/mol. The van der Waals surface area contributed by atoms with E-state index >= 15 is 0 Å². The number of rotatable bonds is 9. The highest BCUT2D eigenvalue weighted by Gasteiger charge is 2.08. The molecule has 0 N–H and O–H groups in total. The molecule has 2 aromatic rings. The maximum absolute atomic E-state index is 12.9. The molecule has 0 spiro atoms. The topological polar surface area (TPSA) is 37.7 Å². The lowest BCUT2D eigenvalue weighted by molar-refractivity contribution is 0.293. The monoisotopic (exact) mass is 421 g/mol. The Morgan fingerprint density at radius 1 is 1.27 bits per heavy atom. The van der Waals surface area contributed by atoms with Crippen molar-refractivity contribution in [3.05, 3.63) is 51.9 Å². The highest BCUT2D eigenvalue weighted by Crippen LogP contribution is 2.29. The van der Waals surface area contributed by atoms with Gasteiger partial charge in [-0.15, -0.1) is 0 Å². The summed E-state index contributed by atoms with van der Waals surface area (Å²) < 4.78 is 19.5. The predicted molar refractivity (Wildman–Crippen MR) is 108 cm³/mol. The van der Waals surface area contributed by atoms with Crippen LogP contribution >= 0.6 is 15.9 Å². The number of halogens is 2. The van der Waals surface area contributed by atoms with E-state index in [0.29, 0.717) is 12.5 Å². The van der Waals surface area contributed by atoms with E-state index in [1.165, 1.54) is 12.1 Å². The molecule has 6 heteroatoms. The number of ether oxygens (including phenoxy) is 1. The molecule has 0 aliphatic heterocycles. The highest BCUT2D eigenvalue weighted by molar-refractivity contribution is 9.10. The number of hydrogen-bond donors (Lipinski definition) is 0. The van der Waals surface area contributed by atoms with Gasteiger partial charge in [0.05, 0.1) is 28.8 Å². The van der Waals surface area contributed by atoms with Crippen LogP contribution in [-0.4, -0.2) is 36.4 Å². The summed E-state index contributed by atoms with van der Waals surface area (Å²) in [5.41, 5.74) is 2.79. The first-order valence-electron chi connectivity index (χ1n) is 8.78. The molecule has 0 radical (unpaired) electrons. The van der Waals surface area contributed by atoms with Gasteiger partial charge in [-0.2, -0.15) is 0 Å². The minimum atomic E-state index is -0.197. The van der Waals surface area contributed by atoms with Crippen LogP contribution in [0.25, 0.3) is 0 Å². The SMILES string of the molecule is CCN(C)/C=N/c1cc(Br)c(OCCCCc2ccc(F)cc2)nc1C. The van der Waals surface area contributed by atoms with Crippen LogP contribution in [0.15, 0.2) is 39.8 Å². The average Bonchev–Trinajstić information content (AvgIpc) is 2.63. The van der Waals surface area contributed by atoms with Gasteiger partial charge in [-0.05, 0) is 72.8 Å². The molecule has 4 nitrogen and oxygen atoms in total. The van der Waals surface area contributed by atoms with Crippen molar-refractivity contribution >= 4 is 28.0 Å². The summed E-state index contributed by atoms with van der Waals surface area (Å²) in [5.74, 6) is 0.393. The lowest BCUT2D eigenvalue weighted by Gasteiger charge is -2.11. The van der Waals surface area contributed by atoms with Crippen LogP contribution in [0, 0.1) is 12.7 Å². The fourth-order valence-corrected chi connectivity index (χ4v) is 2.69. The number of unbranched alkanes of at least 4 members (excludes halogenated alkanes) is 1. The highest BCUT2D eigenvalue weighted by atomic mass is 79.9. The van der Waals surface area contributed by atoms with Crippen molar-refractivity contribution in [1.29, 1.82) is 0 Å². The predicted octanol–water partition coefficient (Wildman–Crippen LogP) is 5.30. The van der Waals surface area contributed by atoms with Crippen LogP contribution in [0.4, 0.5) is 10.1 Å². The zero-order valence-electron chi connectivity index (χ0n) is 15.5. The molecule has 0 amide bonds. The molecule has 0 aliphatic rings. The van der Waals surface area contributed by atoms with Gasteiger partial charge in [0.1, 0.15) is 5.82 Å². The third-order valence-electron chi connectivity index (χ3n) is 4.01. The molecule has 0 aliphatic carbocycles. The Balaban J connectivity index is 1.82. The van der Waals surface area contributed by atoms with Gasteiger partial charge in [0.25, 0.3) is 0 Å². The first-order valence-corrected chi connectivity index (χ1v) is 9.57. The number of aryl methyl sites for hydroxylation is 2. The van der Waals surface area contributed by atoms with Gasteiger partial charge in [-0.1, -0.05) is 12.1 Å². The average molecular weight is 422 g/mol.